The van der Waals surface area contributed by atoms with Gasteiger partial charge in [-0.3, -0.25) is 18.6 Å². The molecule has 3 unspecified atom stereocenters. The Balaban J connectivity index is 5.26. The highest BCUT2D eigenvalue weighted by Crippen LogP contribution is 2.43. The maximum Gasteiger partial charge on any atom is 0.472 e. The van der Waals surface area contributed by atoms with E-state index in [1.807, 2.05) is 33.3 Å². The van der Waals surface area contributed by atoms with Gasteiger partial charge < -0.3 is 19.4 Å². The van der Waals surface area contributed by atoms with Crippen LogP contribution in [0.4, 0.5) is 0 Å². The Morgan fingerprint density at radius 2 is 0.736 bits per heavy atom. The van der Waals surface area contributed by atoms with Crippen molar-refractivity contribution in [1.29, 1.82) is 0 Å². The number of hydrogen-bond donors (Lipinski definition) is 2. The molecule has 1 amide bonds. The molecule has 0 saturated heterocycles. The van der Waals surface area contributed by atoms with Crippen molar-refractivity contribution in [1.82, 2.24) is 5.32 Å². The molecule has 2 N–H and O–H groups in total. The van der Waals surface area contributed by atoms with Crippen molar-refractivity contribution in [2.45, 2.75) is 277 Å². The minimum atomic E-state index is -4.48. The molecule has 0 aliphatic rings. The molecule has 87 heavy (non-hydrogen) atoms. The van der Waals surface area contributed by atoms with Crippen LogP contribution in [0.1, 0.15) is 265 Å². The maximum absolute atomic E-state index is 13.6. The van der Waals surface area contributed by atoms with Crippen LogP contribution in [0.2, 0.25) is 0 Å². The molecule has 0 aliphatic heterocycles. The van der Waals surface area contributed by atoms with Crippen molar-refractivity contribution in [2.24, 2.45) is 0 Å². The summed E-state index contributed by atoms with van der Waals surface area (Å²) in [6.07, 6.45) is 95.3. The van der Waals surface area contributed by atoms with Gasteiger partial charge in [-0.15, -0.1) is 0 Å². The predicted octanol–water partition coefficient (Wildman–Crippen LogP) is 22.3. The summed E-state index contributed by atoms with van der Waals surface area (Å²) in [7, 11) is 1.45. The van der Waals surface area contributed by atoms with Gasteiger partial charge >= 0.3 is 13.8 Å². The standard InChI is InChI=1S/C77H129N2O7P/c1-7-10-13-16-19-22-25-28-30-32-34-36-38-39-41-43-45-47-49-52-55-58-61-64-67-70-77(81)86-75(68-65-62-59-56-53-50-27-24-21-18-15-12-9-3)74(73-85-87(82,83)84-72-71-79(4,5)6)78-76(80)69-66-63-60-57-54-51-48-46-44-42-40-37-35-33-31-29-26-23-20-17-14-11-8-2/h10-11,13-14,19-20,22-23,28-31,34-37,39,41-42,44-45,47-48,51,65,68,74-75H,7-9,12,15-18,21,24-27,32-33,38,40,43,46,49-50,52-64,66-67,69-73H2,1-6H3,(H-,78,80,82,83)/p+1/b13-10-,14-11-,22-19-,23-20-,30-28-,31-29-,36-34-,37-35-,41-39-,44-42-,47-45-,51-48-,68-65+. The van der Waals surface area contributed by atoms with Crippen molar-refractivity contribution in [2.75, 3.05) is 40.9 Å². The van der Waals surface area contributed by atoms with Gasteiger partial charge in [0.1, 0.15) is 19.3 Å². The van der Waals surface area contributed by atoms with Gasteiger partial charge in [0.2, 0.25) is 5.91 Å². The molecule has 0 aromatic rings. The number of likely N-dealkylation sites (N-methyl/N-ethyl adjacent to an activating group) is 1. The first-order valence-electron chi connectivity index (χ1n) is 34.8. The Morgan fingerprint density at radius 1 is 0.414 bits per heavy atom. The van der Waals surface area contributed by atoms with E-state index < -0.39 is 20.0 Å². The number of rotatable bonds is 61. The molecule has 0 heterocycles. The number of amides is 1. The lowest BCUT2D eigenvalue weighted by atomic mass is 10.0. The van der Waals surface area contributed by atoms with Crippen molar-refractivity contribution in [3.8, 4) is 0 Å². The zero-order valence-corrected chi connectivity index (χ0v) is 57.3. The van der Waals surface area contributed by atoms with Crippen molar-refractivity contribution in [3.05, 3.63) is 158 Å². The molecular weight excluding hydrogens is 1100 g/mol. The first kappa shape index (κ1) is 82.6. The van der Waals surface area contributed by atoms with Gasteiger partial charge in [0.25, 0.3) is 0 Å². The molecule has 3 atom stereocenters. The molecule has 10 heteroatoms. The van der Waals surface area contributed by atoms with E-state index in [-0.39, 0.29) is 37.9 Å². The molecule has 0 fully saturated rings. The van der Waals surface area contributed by atoms with E-state index in [4.69, 9.17) is 13.8 Å². The molecule has 0 rings (SSSR count). The van der Waals surface area contributed by atoms with Crippen LogP contribution in [0.5, 0.6) is 0 Å². The number of ether oxygens (including phenoxy) is 1. The number of allylic oxidation sites excluding steroid dienone is 25. The lowest BCUT2D eigenvalue weighted by Gasteiger charge is -2.27. The third-order valence-corrected chi connectivity index (χ3v) is 15.4. The van der Waals surface area contributed by atoms with Crippen LogP contribution in [0.15, 0.2) is 158 Å². The smallest absolute Gasteiger partial charge is 0.456 e. The Kier molecular flexibility index (Phi) is 61.4. The lowest BCUT2D eigenvalue weighted by molar-refractivity contribution is -0.870. The summed E-state index contributed by atoms with van der Waals surface area (Å²) in [4.78, 5) is 37.9. The van der Waals surface area contributed by atoms with Crippen molar-refractivity contribution < 1.29 is 37.3 Å². The molecule has 0 spiro atoms. The van der Waals surface area contributed by atoms with Gasteiger partial charge in [0, 0.05) is 12.8 Å². The van der Waals surface area contributed by atoms with E-state index >= 15 is 0 Å². The second kappa shape index (κ2) is 64.6. The molecular formula is C77H130N2O7P+. The van der Waals surface area contributed by atoms with Gasteiger partial charge in [-0.25, -0.2) is 4.57 Å². The first-order valence-corrected chi connectivity index (χ1v) is 36.3. The SMILES string of the molecule is CC/C=C\C/C=C\C/C=C\C/C=C\C/C=C\C/C=C\CCCCCCCCC(=O)OC(/C=C/CCCCCCCCCCCCC)C(COP(=O)(O)OCC[N+](C)(C)C)NC(=O)CCCCCC/C=C\C/C=C\C/C=C\C/C=C\C/C=C\C/C=C\CC. The number of unbranched alkanes of at least 4 members (excludes halogenated alkanes) is 21. The van der Waals surface area contributed by atoms with E-state index in [1.54, 1.807) is 0 Å². The van der Waals surface area contributed by atoms with Gasteiger partial charge in [0.15, 0.2) is 0 Å². The quantitative estimate of drug-likeness (QED) is 0.0205. The molecule has 9 nitrogen and oxygen atoms in total. The lowest BCUT2D eigenvalue weighted by Crippen LogP contribution is -2.47. The van der Waals surface area contributed by atoms with E-state index in [9.17, 15) is 19.0 Å². The molecule has 0 aromatic carbocycles. The number of carbonyl (C=O) groups excluding carboxylic acids is 2. The summed E-state index contributed by atoms with van der Waals surface area (Å²) in [5.41, 5.74) is 0. The van der Waals surface area contributed by atoms with E-state index in [0.717, 1.165) is 161 Å². The number of nitrogens with zero attached hydrogens (tertiary/aromatic N) is 1. The summed E-state index contributed by atoms with van der Waals surface area (Å²) in [6, 6.07) is -0.883. The maximum atomic E-state index is 13.6. The monoisotopic (exact) mass is 1230 g/mol. The molecule has 0 aliphatic carbocycles. The third-order valence-electron chi connectivity index (χ3n) is 14.5. The molecule has 0 aromatic heterocycles. The highest BCUT2D eigenvalue weighted by Gasteiger charge is 2.30. The number of phosphoric acid groups is 1. The number of phosphoric ester groups is 1. The number of hydrogen-bond acceptors (Lipinski definition) is 6. The first-order chi connectivity index (χ1) is 42.4. The van der Waals surface area contributed by atoms with Gasteiger partial charge in [0.05, 0.1) is 33.8 Å². The summed E-state index contributed by atoms with van der Waals surface area (Å²) in [5, 5.41) is 3.05. The number of quaternary nitrogens is 1. The minimum absolute atomic E-state index is 0.0230. The van der Waals surface area contributed by atoms with E-state index in [0.29, 0.717) is 23.9 Å². The Bertz CT molecular complexity index is 2050. The third kappa shape index (κ3) is 65.9. The normalized spacial score (nSPS) is 14.5. The van der Waals surface area contributed by atoms with E-state index in [2.05, 4.69) is 172 Å². The predicted molar refractivity (Wildman–Crippen MR) is 378 cm³/mol. The van der Waals surface area contributed by atoms with Crippen LogP contribution in [0.3, 0.4) is 0 Å². The Hall–Kier alpha value is -4.37. The number of nitrogens with one attached hydrogen (secondary N) is 1. The van der Waals surface area contributed by atoms with Crippen LogP contribution in [-0.4, -0.2) is 74.3 Å². The zero-order chi connectivity index (χ0) is 63.5. The van der Waals surface area contributed by atoms with Gasteiger partial charge in [-0.1, -0.05) is 275 Å². The second-order valence-corrected chi connectivity index (χ2v) is 25.4. The summed E-state index contributed by atoms with van der Waals surface area (Å²) >= 11 is 0. The van der Waals surface area contributed by atoms with Crippen molar-refractivity contribution in [3.63, 3.8) is 0 Å². The fourth-order valence-corrected chi connectivity index (χ4v) is 9.92. The highest BCUT2D eigenvalue weighted by molar-refractivity contribution is 7.47. The average molecular weight is 1230 g/mol. The highest BCUT2D eigenvalue weighted by atomic mass is 31.2. The fourth-order valence-electron chi connectivity index (χ4n) is 9.18. The molecule has 0 saturated carbocycles. The van der Waals surface area contributed by atoms with E-state index in [1.165, 1.54) is 57.8 Å². The second-order valence-electron chi connectivity index (χ2n) is 23.9. The Labute approximate surface area is 535 Å². The van der Waals surface area contributed by atoms with Gasteiger partial charge in [-0.05, 0) is 134 Å². The molecule has 494 valence electrons. The largest absolute Gasteiger partial charge is 0.472 e. The molecule has 0 bridgehead atoms. The van der Waals surface area contributed by atoms with Crippen LogP contribution in [0, 0.1) is 0 Å². The van der Waals surface area contributed by atoms with Gasteiger partial charge in [-0.2, -0.15) is 0 Å². The topological polar surface area (TPSA) is 111 Å². The molecule has 0 radical (unpaired) electrons. The summed E-state index contributed by atoms with van der Waals surface area (Å²) in [5.74, 6) is -0.561. The van der Waals surface area contributed by atoms with Crippen LogP contribution in [-0.2, 0) is 27.9 Å². The summed E-state index contributed by atoms with van der Waals surface area (Å²) in [6.45, 7) is 6.74. The summed E-state index contributed by atoms with van der Waals surface area (Å²) < 4.78 is 30.8. The Morgan fingerprint density at radius 3 is 1.10 bits per heavy atom. The minimum Gasteiger partial charge on any atom is -0.456 e. The van der Waals surface area contributed by atoms with Crippen molar-refractivity contribution >= 4 is 19.7 Å². The average Bonchev–Trinajstić information content (AvgIpc) is 3.70. The fraction of sp³-hybridized carbons (Fsp3) is 0.636. The van der Waals surface area contributed by atoms with Crippen LogP contribution < -0.4 is 5.32 Å². The number of carbonyl (C=O) groups is 2. The number of esters is 1. The van der Waals surface area contributed by atoms with Crippen LogP contribution >= 0.6 is 7.82 Å². The zero-order valence-electron chi connectivity index (χ0n) is 56.4. The van der Waals surface area contributed by atoms with Crippen LogP contribution in [0.25, 0.3) is 0 Å².